The summed E-state index contributed by atoms with van der Waals surface area (Å²) in [7, 11) is 1.62. The lowest BCUT2D eigenvalue weighted by molar-refractivity contribution is 0.251. The van der Waals surface area contributed by atoms with Gasteiger partial charge in [0.25, 0.3) is 0 Å². The topological polar surface area (TPSA) is 59.6 Å². The lowest BCUT2D eigenvalue weighted by Crippen LogP contribution is -2.28. The summed E-state index contributed by atoms with van der Waals surface area (Å²) in [5, 5.41) is 5.63. The maximum atomic E-state index is 12.1. The molecule has 0 atom stereocenters. The van der Waals surface area contributed by atoms with Crippen LogP contribution < -0.4 is 20.1 Å². The summed E-state index contributed by atoms with van der Waals surface area (Å²) in [5.41, 5.74) is 1.62. The number of carbonyl (C=O) groups excluding carboxylic acids is 1. The Labute approximate surface area is 136 Å². The second-order valence-corrected chi connectivity index (χ2v) is 5.00. The van der Waals surface area contributed by atoms with Crippen molar-refractivity contribution in [3.05, 3.63) is 54.1 Å². The number of carbonyl (C=O) groups is 1. The van der Waals surface area contributed by atoms with Crippen molar-refractivity contribution in [2.24, 2.45) is 0 Å². The van der Waals surface area contributed by atoms with Crippen LogP contribution in [0.25, 0.3) is 0 Å². The van der Waals surface area contributed by atoms with Crippen molar-refractivity contribution >= 4 is 11.7 Å². The Balaban J connectivity index is 1.92. The van der Waals surface area contributed by atoms with Crippen molar-refractivity contribution in [1.82, 2.24) is 5.32 Å². The van der Waals surface area contributed by atoms with E-state index in [-0.39, 0.29) is 6.03 Å². The Kier molecular flexibility index (Phi) is 6.29. The number of para-hydroxylation sites is 2. The zero-order chi connectivity index (χ0) is 16.5. The van der Waals surface area contributed by atoms with Crippen LogP contribution in [0.4, 0.5) is 10.5 Å². The molecule has 0 spiro atoms. The quantitative estimate of drug-likeness (QED) is 0.817. The number of methoxy groups -OCH3 is 1. The van der Waals surface area contributed by atoms with Gasteiger partial charge in [-0.2, -0.15) is 0 Å². The van der Waals surface area contributed by atoms with Crippen molar-refractivity contribution in [2.75, 3.05) is 19.0 Å². The minimum absolute atomic E-state index is 0.277. The van der Waals surface area contributed by atoms with Gasteiger partial charge in [0.1, 0.15) is 11.5 Å². The number of nitrogens with one attached hydrogen (secondary N) is 2. The number of benzene rings is 2. The van der Waals surface area contributed by atoms with Crippen molar-refractivity contribution in [3.8, 4) is 11.5 Å². The zero-order valence-electron chi connectivity index (χ0n) is 13.5. The van der Waals surface area contributed by atoms with Crippen LogP contribution in [-0.2, 0) is 6.54 Å². The molecule has 0 fully saturated rings. The third-order valence-electron chi connectivity index (χ3n) is 3.18. The summed E-state index contributed by atoms with van der Waals surface area (Å²) in [5.74, 6) is 1.44. The van der Waals surface area contributed by atoms with E-state index < -0.39 is 0 Å². The fraction of sp³-hybridized carbons (Fsp3) is 0.278. The molecular formula is C18H22N2O3. The minimum Gasteiger partial charge on any atom is -0.497 e. The van der Waals surface area contributed by atoms with Gasteiger partial charge in [-0.25, -0.2) is 4.79 Å². The normalized spacial score (nSPS) is 10.0. The Hall–Kier alpha value is -2.69. The van der Waals surface area contributed by atoms with E-state index in [4.69, 9.17) is 9.47 Å². The number of amides is 2. The molecule has 2 amide bonds. The van der Waals surface area contributed by atoms with Crippen LogP contribution in [0.1, 0.15) is 18.9 Å². The van der Waals surface area contributed by atoms with Gasteiger partial charge in [0, 0.05) is 6.54 Å². The largest absolute Gasteiger partial charge is 0.497 e. The van der Waals surface area contributed by atoms with Crippen LogP contribution in [0.2, 0.25) is 0 Å². The molecule has 0 saturated heterocycles. The Morgan fingerprint density at radius 2 is 1.96 bits per heavy atom. The van der Waals surface area contributed by atoms with Crippen molar-refractivity contribution in [1.29, 1.82) is 0 Å². The van der Waals surface area contributed by atoms with Gasteiger partial charge in [-0.05, 0) is 36.2 Å². The molecule has 0 saturated carbocycles. The van der Waals surface area contributed by atoms with Crippen LogP contribution in [0.3, 0.4) is 0 Å². The highest BCUT2D eigenvalue weighted by atomic mass is 16.5. The van der Waals surface area contributed by atoms with Crippen molar-refractivity contribution in [2.45, 2.75) is 19.9 Å². The molecule has 0 unspecified atom stereocenters. The molecular weight excluding hydrogens is 292 g/mol. The van der Waals surface area contributed by atoms with Crippen LogP contribution in [0.5, 0.6) is 11.5 Å². The molecule has 0 aliphatic heterocycles. The SMILES string of the molecule is CCCOc1ccccc1NC(=O)NCc1cccc(OC)c1. The third kappa shape index (κ3) is 5.21. The van der Waals surface area contributed by atoms with Crippen molar-refractivity contribution in [3.63, 3.8) is 0 Å². The van der Waals surface area contributed by atoms with Gasteiger partial charge >= 0.3 is 6.03 Å². The van der Waals surface area contributed by atoms with E-state index in [1.165, 1.54) is 0 Å². The van der Waals surface area contributed by atoms with Gasteiger partial charge in [-0.1, -0.05) is 31.2 Å². The van der Waals surface area contributed by atoms with Crippen LogP contribution in [0.15, 0.2) is 48.5 Å². The van der Waals surface area contributed by atoms with Gasteiger partial charge in [0.15, 0.2) is 0 Å². The summed E-state index contributed by atoms with van der Waals surface area (Å²) in [6.07, 6.45) is 0.913. The first-order valence-corrected chi connectivity index (χ1v) is 7.62. The molecule has 0 radical (unpaired) electrons. The fourth-order valence-corrected chi connectivity index (χ4v) is 2.04. The predicted octanol–water partition coefficient (Wildman–Crippen LogP) is 3.81. The van der Waals surface area contributed by atoms with Crippen LogP contribution >= 0.6 is 0 Å². The molecule has 0 aliphatic rings. The van der Waals surface area contributed by atoms with E-state index >= 15 is 0 Å². The third-order valence-corrected chi connectivity index (χ3v) is 3.18. The maximum Gasteiger partial charge on any atom is 0.319 e. The summed E-state index contributed by atoms with van der Waals surface area (Å²) >= 11 is 0. The second kappa shape index (κ2) is 8.68. The number of ether oxygens (including phenoxy) is 2. The van der Waals surface area contributed by atoms with E-state index in [2.05, 4.69) is 10.6 Å². The second-order valence-electron chi connectivity index (χ2n) is 5.00. The Morgan fingerprint density at radius 3 is 2.74 bits per heavy atom. The summed E-state index contributed by atoms with van der Waals surface area (Å²) in [6.45, 7) is 3.07. The van der Waals surface area contributed by atoms with Crippen molar-refractivity contribution < 1.29 is 14.3 Å². The van der Waals surface area contributed by atoms with Gasteiger partial charge in [0.2, 0.25) is 0 Å². The smallest absolute Gasteiger partial charge is 0.319 e. The van der Waals surface area contributed by atoms with E-state index in [0.717, 1.165) is 17.7 Å². The average molecular weight is 314 g/mol. The van der Waals surface area contributed by atoms with Gasteiger partial charge in [-0.3, -0.25) is 0 Å². The number of urea groups is 1. The zero-order valence-corrected chi connectivity index (χ0v) is 13.5. The molecule has 0 aromatic heterocycles. The summed E-state index contributed by atoms with van der Waals surface area (Å²) in [6, 6.07) is 14.7. The van der Waals surface area contributed by atoms with E-state index in [1.54, 1.807) is 7.11 Å². The first-order valence-electron chi connectivity index (χ1n) is 7.62. The highest BCUT2D eigenvalue weighted by molar-refractivity contribution is 5.90. The maximum absolute atomic E-state index is 12.1. The molecule has 0 aliphatic carbocycles. The van der Waals surface area contributed by atoms with Gasteiger partial charge in [0.05, 0.1) is 19.4 Å². The molecule has 2 N–H and O–H groups in total. The molecule has 2 aromatic carbocycles. The first kappa shape index (κ1) is 16.7. The van der Waals surface area contributed by atoms with E-state index in [1.807, 2.05) is 55.5 Å². The monoisotopic (exact) mass is 314 g/mol. The molecule has 2 aromatic rings. The standard InChI is InChI=1S/C18H22N2O3/c1-3-11-23-17-10-5-4-9-16(17)20-18(21)19-13-14-7-6-8-15(12-14)22-2/h4-10,12H,3,11,13H2,1-2H3,(H2,19,20,21). The predicted molar refractivity (Wildman–Crippen MR) is 91.1 cm³/mol. The molecule has 2 rings (SSSR count). The summed E-state index contributed by atoms with van der Waals surface area (Å²) in [4.78, 5) is 12.1. The highest BCUT2D eigenvalue weighted by Crippen LogP contribution is 2.23. The van der Waals surface area contributed by atoms with Crippen LogP contribution in [-0.4, -0.2) is 19.7 Å². The lowest BCUT2D eigenvalue weighted by atomic mass is 10.2. The van der Waals surface area contributed by atoms with E-state index in [9.17, 15) is 4.79 Å². The average Bonchev–Trinajstić information content (AvgIpc) is 2.59. The van der Waals surface area contributed by atoms with Crippen LogP contribution in [0, 0.1) is 0 Å². The fourth-order valence-electron chi connectivity index (χ4n) is 2.04. The molecule has 0 bridgehead atoms. The minimum atomic E-state index is -0.277. The van der Waals surface area contributed by atoms with E-state index in [0.29, 0.717) is 24.6 Å². The number of rotatable bonds is 7. The number of hydrogen-bond acceptors (Lipinski definition) is 3. The Morgan fingerprint density at radius 1 is 1.13 bits per heavy atom. The molecule has 122 valence electrons. The lowest BCUT2D eigenvalue weighted by Gasteiger charge is -2.13. The highest BCUT2D eigenvalue weighted by Gasteiger charge is 2.07. The van der Waals surface area contributed by atoms with Gasteiger partial charge in [-0.15, -0.1) is 0 Å². The number of anilines is 1. The molecule has 0 heterocycles. The number of hydrogen-bond donors (Lipinski definition) is 2. The first-order chi connectivity index (χ1) is 11.2. The molecule has 23 heavy (non-hydrogen) atoms. The Bertz CT molecular complexity index is 644. The summed E-state index contributed by atoms with van der Waals surface area (Å²) < 4.78 is 10.8. The van der Waals surface area contributed by atoms with Gasteiger partial charge < -0.3 is 20.1 Å². The molecule has 5 heteroatoms. The molecule has 5 nitrogen and oxygen atoms in total.